The Morgan fingerprint density at radius 3 is 1.50 bits per heavy atom. The molecular weight excluding hydrogens is 1100 g/mol. The minimum atomic E-state index is -0.311. The second-order valence-corrected chi connectivity index (χ2v) is 22.5. The summed E-state index contributed by atoms with van der Waals surface area (Å²) < 4.78 is 25.1. The zero-order valence-corrected chi connectivity index (χ0v) is 48.2. The van der Waals surface area contributed by atoms with Gasteiger partial charge in [-0.2, -0.15) is 0 Å². The molecule has 1 N–H and O–H groups in total. The highest BCUT2D eigenvalue weighted by molar-refractivity contribution is 6.39. The van der Waals surface area contributed by atoms with Gasteiger partial charge in [0.25, 0.3) is 0 Å². The number of halogens is 4. The molecule has 4 aliphatic rings. The van der Waals surface area contributed by atoms with Crippen LogP contribution in [0.15, 0.2) is 94.2 Å². The van der Waals surface area contributed by atoms with Crippen LogP contribution in [0.5, 0.6) is 0 Å². The maximum Gasteiger partial charge on any atom is 0.340 e. The van der Waals surface area contributed by atoms with E-state index in [-0.39, 0.29) is 31.2 Å². The van der Waals surface area contributed by atoms with Gasteiger partial charge in [0.15, 0.2) is 0 Å². The van der Waals surface area contributed by atoms with Crippen molar-refractivity contribution in [3.05, 3.63) is 139 Å². The number of piperazine rings is 2. The van der Waals surface area contributed by atoms with E-state index in [1.807, 2.05) is 72.9 Å². The largest absolute Gasteiger partial charge is 0.465 e. The van der Waals surface area contributed by atoms with Crippen LogP contribution in [0.1, 0.15) is 114 Å². The molecule has 8 aromatic rings. The summed E-state index contributed by atoms with van der Waals surface area (Å²) in [5.74, 6) is 1.93. The van der Waals surface area contributed by atoms with Gasteiger partial charge in [0.2, 0.25) is 0 Å². The first kappa shape index (κ1) is 58.3. The van der Waals surface area contributed by atoms with Gasteiger partial charge < -0.3 is 47.6 Å². The number of aromatic nitrogens is 4. The summed E-state index contributed by atoms with van der Waals surface area (Å²) in [6.45, 7) is 12.8. The fourth-order valence-electron chi connectivity index (χ4n) is 11.0. The van der Waals surface area contributed by atoms with E-state index in [9.17, 15) is 14.4 Å². The number of esters is 2. The number of hydrogen-bond donors (Lipinski definition) is 1. The van der Waals surface area contributed by atoms with E-state index in [4.69, 9.17) is 64.9 Å². The lowest BCUT2D eigenvalue weighted by molar-refractivity contribution is -0.108. The van der Waals surface area contributed by atoms with Crippen molar-refractivity contribution in [1.29, 1.82) is 0 Å². The van der Waals surface area contributed by atoms with E-state index in [0.29, 0.717) is 54.3 Å². The Morgan fingerprint density at radius 2 is 1.07 bits per heavy atom. The van der Waals surface area contributed by atoms with Crippen molar-refractivity contribution < 1.29 is 32.9 Å². The number of nitrogens with one attached hydrogen (secondary N) is 1. The van der Waals surface area contributed by atoms with Crippen molar-refractivity contribution in [2.45, 2.75) is 70.6 Å². The number of aryl methyl sites for hydroxylation is 2. The SMILES string of the molecule is C.CC(C=O)c1c(-c2c(Cl)cccc2Cl)noc1C1CC1.COC(=O)c1cn(C)c2cc(N3CCN(CC(C)c4c(-c5c(Cl)cccc5Cl)noc4C4CC4)CC3)ccc12.COC(=O)c1cn(C)c2cc(N3CCNCC3)ccc12. The lowest BCUT2D eigenvalue weighted by Crippen LogP contribution is -2.47. The van der Waals surface area contributed by atoms with E-state index in [1.54, 1.807) is 18.2 Å². The summed E-state index contributed by atoms with van der Waals surface area (Å²) >= 11 is 25.6. The first-order chi connectivity index (χ1) is 38.2. The van der Waals surface area contributed by atoms with Crippen LogP contribution < -0.4 is 15.1 Å². The van der Waals surface area contributed by atoms with Crippen molar-refractivity contribution in [2.24, 2.45) is 14.1 Å². The highest BCUT2D eigenvalue weighted by Crippen LogP contribution is 2.49. The molecule has 0 amide bonds. The summed E-state index contributed by atoms with van der Waals surface area (Å²) in [5.41, 5.74) is 10.4. The lowest BCUT2D eigenvalue weighted by atomic mass is 9.93. The molecule has 4 fully saturated rings. The summed E-state index contributed by atoms with van der Waals surface area (Å²) in [5, 5.41) is 16.0. The molecule has 0 spiro atoms. The van der Waals surface area contributed by atoms with Crippen LogP contribution in [0.2, 0.25) is 20.1 Å². The number of methoxy groups -OCH3 is 2. The lowest BCUT2D eigenvalue weighted by Gasteiger charge is -2.37. The van der Waals surface area contributed by atoms with Crippen molar-refractivity contribution in [3.8, 4) is 22.5 Å². The van der Waals surface area contributed by atoms with Gasteiger partial charge in [-0.05, 0) is 92.3 Å². The number of fused-ring (bicyclic) bond motifs is 2. The summed E-state index contributed by atoms with van der Waals surface area (Å²) in [7, 11) is 6.74. The van der Waals surface area contributed by atoms with Crippen molar-refractivity contribution in [1.82, 2.24) is 29.7 Å². The molecule has 2 atom stereocenters. The molecule has 6 heterocycles. The highest BCUT2D eigenvalue weighted by atomic mass is 35.5. The highest BCUT2D eigenvalue weighted by Gasteiger charge is 2.37. The maximum absolute atomic E-state index is 12.2. The quantitative estimate of drug-likeness (QED) is 0.0861. The number of ether oxygens (including phenoxy) is 2. The molecule has 19 heteroatoms. The van der Waals surface area contributed by atoms with Crippen LogP contribution in [-0.2, 0) is 28.4 Å². The first-order valence-corrected chi connectivity index (χ1v) is 28.3. The molecule has 2 aliphatic heterocycles. The summed E-state index contributed by atoms with van der Waals surface area (Å²) in [4.78, 5) is 42.4. The van der Waals surface area contributed by atoms with E-state index in [1.165, 1.54) is 25.6 Å². The van der Waals surface area contributed by atoms with E-state index in [0.717, 1.165) is 147 Å². The van der Waals surface area contributed by atoms with Gasteiger partial charge in [-0.25, -0.2) is 9.59 Å². The van der Waals surface area contributed by atoms with Gasteiger partial charge in [-0.3, -0.25) is 4.90 Å². The average molecular weight is 1170 g/mol. The third-order valence-corrected chi connectivity index (χ3v) is 16.7. The molecule has 2 saturated carbocycles. The van der Waals surface area contributed by atoms with E-state index < -0.39 is 0 Å². The summed E-state index contributed by atoms with van der Waals surface area (Å²) in [6, 6.07) is 23.4. The monoisotopic (exact) mass is 1160 g/mol. The van der Waals surface area contributed by atoms with Crippen molar-refractivity contribution in [3.63, 3.8) is 0 Å². The molecule has 15 nitrogen and oxygen atoms in total. The Morgan fingerprint density at radius 1 is 0.650 bits per heavy atom. The third kappa shape index (κ3) is 12.1. The Labute approximate surface area is 486 Å². The Bertz CT molecular complexity index is 3490. The fourth-order valence-corrected chi connectivity index (χ4v) is 12.1. The molecule has 422 valence electrons. The van der Waals surface area contributed by atoms with E-state index >= 15 is 0 Å². The molecule has 0 radical (unpaired) electrons. The maximum atomic E-state index is 12.2. The number of aldehydes is 1. The number of hydrogen-bond acceptors (Lipinski definition) is 13. The predicted octanol–water partition coefficient (Wildman–Crippen LogP) is 13.6. The number of benzene rings is 4. The van der Waals surface area contributed by atoms with Gasteiger partial charge in [0.05, 0.1) is 56.5 Å². The van der Waals surface area contributed by atoms with Crippen LogP contribution in [-0.4, -0.2) is 116 Å². The average Bonchev–Trinajstić information content (AvgIpc) is 4.35. The second kappa shape index (κ2) is 25.2. The molecule has 12 rings (SSSR count). The van der Waals surface area contributed by atoms with Gasteiger partial charge >= 0.3 is 11.9 Å². The summed E-state index contributed by atoms with van der Waals surface area (Å²) in [6.07, 6.45) is 8.98. The second-order valence-electron chi connectivity index (χ2n) is 20.9. The van der Waals surface area contributed by atoms with Crippen LogP contribution in [0.4, 0.5) is 11.4 Å². The zero-order chi connectivity index (χ0) is 55.6. The molecule has 2 aliphatic carbocycles. The fraction of sp³-hybridized carbons (Fsp3) is 0.393. The Hall–Kier alpha value is -6.33. The van der Waals surface area contributed by atoms with Crippen LogP contribution in [0.3, 0.4) is 0 Å². The molecule has 2 saturated heterocycles. The smallest absolute Gasteiger partial charge is 0.340 e. The predicted molar refractivity (Wildman–Crippen MR) is 320 cm³/mol. The number of anilines is 2. The Kier molecular flexibility index (Phi) is 18.4. The number of nitrogens with zero attached hydrogens (tertiary/aromatic N) is 7. The molecule has 4 aromatic carbocycles. The van der Waals surface area contributed by atoms with Gasteiger partial charge in [0.1, 0.15) is 29.2 Å². The number of carbonyl (C=O) groups is 3. The molecule has 2 unspecified atom stereocenters. The van der Waals surface area contributed by atoms with Gasteiger partial charge in [-0.1, -0.05) is 90.1 Å². The first-order valence-electron chi connectivity index (χ1n) is 26.8. The normalized spacial score (nSPS) is 16.3. The Balaban J connectivity index is 0.000000159. The van der Waals surface area contributed by atoms with Gasteiger partial charge in [-0.15, -0.1) is 0 Å². The van der Waals surface area contributed by atoms with Crippen molar-refractivity contribution >= 4 is 97.8 Å². The third-order valence-electron chi connectivity index (χ3n) is 15.5. The molecule has 4 aromatic heterocycles. The molecule has 0 bridgehead atoms. The molecular formula is C61H68Cl4N8O7. The van der Waals surface area contributed by atoms with Gasteiger partial charge in [0, 0.05) is 148 Å². The minimum Gasteiger partial charge on any atom is -0.465 e. The zero-order valence-electron chi connectivity index (χ0n) is 45.2. The van der Waals surface area contributed by atoms with Crippen LogP contribution >= 0.6 is 46.4 Å². The van der Waals surface area contributed by atoms with Crippen LogP contribution in [0.25, 0.3) is 44.3 Å². The van der Waals surface area contributed by atoms with Crippen LogP contribution in [0, 0.1) is 0 Å². The topological polar surface area (TPSA) is 153 Å². The number of carbonyl (C=O) groups excluding carboxylic acids is 3. The van der Waals surface area contributed by atoms with E-state index in [2.05, 4.69) is 61.5 Å². The van der Waals surface area contributed by atoms with Crippen molar-refractivity contribution in [2.75, 3.05) is 82.9 Å². The minimum absolute atomic E-state index is 0. The standard InChI is InChI=1S/C30H32Cl2N4O3.C15H13Cl2NO2.C15H19N3O2.CH4/c1-18(26-28(33-39-29(26)19-7-8-19)27-23(31)5-4-6-24(27)32)16-35-11-13-36(14-12-35)20-9-10-21-22(30(37)38-3)17-34(2)25(21)15-20;1-8(7-19)12-14(18-20-15(12)9-5-6-9)13-10(16)3-2-4-11(13)17;1-17-10-13(15(19)20-2)12-4-3-11(9-14(12)17)18-7-5-16-6-8-18;/h4-6,9-10,15,17-19H,7-8,11-14,16H2,1-3H3;2-4,7-9H,5-6H2,1H3;3-4,9-10,16H,5-8H2,1-2H3;1H4. The molecule has 80 heavy (non-hydrogen) atoms. The number of rotatable bonds is 13.